The maximum Gasteiger partial charge on any atom is 0.274 e. The lowest BCUT2D eigenvalue weighted by molar-refractivity contribution is 0.101. The summed E-state index contributed by atoms with van der Waals surface area (Å²) in [6, 6.07) is 17.2. The number of anilines is 3. The number of amides is 1. The fourth-order valence-corrected chi connectivity index (χ4v) is 2.52. The van der Waals surface area contributed by atoms with Crippen LogP contribution in [0.5, 0.6) is 0 Å². The molecule has 3 rings (SSSR count). The molecule has 1 heterocycles. The summed E-state index contributed by atoms with van der Waals surface area (Å²) in [5.74, 6) is -0.178. The van der Waals surface area contributed by atoms with Gasteiger partial charge in [-0.2, -0.15) is 5.26 Å². The molecular formula is C21H17N5O2. The Hall–Kier alpha value is -4.05. The van der Waals surface area contributed by atoms with Crippen LogP contribution in [-0.4, -0.2) is 21.7 Å². The number of carbonyl (C=O) groups excluding carboxylic acids is 2. The van der Waals surface area contributed by atoms with Gasteiger partial charge in [0.05, 0.1) is 11.6 Å². The first kappa shape index (κ1) is 18.7. The molecule has 28 heavy (non-hydrogen) atoms. The van der Waals surface area contributed by atoms with Gasteiger partial charge in [0.1, 0.15) is 5.69 Å². The Morgan fingerprint density at radius 2 is 1.75 bits per heavy atom. The quantitative estimate of drug-likeness (QED) is 0.660. The molecule has 7 heteroatoms. The van der Waals surface area contributed by atoms with Crippen LogP contribution in [0, 0.1) is 18.3 Å². The maximum atomic E-state index is 12.6. The Morgan fingerprint density at radius 3 is 2.43 bits per heavy atom. The van der Waals surface area contributed by atoms with Crippen molar-refractivity contribution in [1.82, 2.24) is 9.97 Å². The summed E-state index contributed by atoms with van der Waals surface area (Å²) < 4.78 is 0. The van der Waals surface area contributed by atoms with Crippen LogP contribution in [0.15, 0.2) is 54.6 Å². The molecule has 2 aromatic carbocycles. The fraction of sp³-hybridized carbons (Fsp3) is 0.0952. The molecule has 0 spiro atoms. The third-order valence-corrected chi connectivity index (χ3v) is 3.88. The van der Waals surface area contributed by atoms with Crippen molar-refractivity contribution >= 4 is 29.0 Å². The molecule has 1 amide bonds. The van der Waals surface area contributed by atoms with Gasteiger partial charge < -0.3 is 10.6 Å². The SMILES string of the molecule is CC(=O)c1ccc(NC(=O)c2cc(C)nc(Nc3cccc(C#N)c3)n2)cc1. The van der Waals surface area contributed by atoms with E-state index in [1.165, 1.54) is 6.92 Å². The van der Waals surface area contributed by atoms with E-state index in [0.717, 1.165) is 0 Å². The van der Waals surface area contributed by atoms with Crippen molar-refractivity contribution in [2.45, 2.75) is 13.8 Å². The number of hydrogen-bond donors (Lipinski definition) is 2. The maximum absolute atomic E-state index is 12.6. The zero-order chi connectivity index (χ0) is 20.1. The van der Waals surface area contributed by atoms with Gasteiger partial charge in [-0.3, -0.25) is 9.59 Å². The number of ketones is 1. The largest absolute Gasteiger partial charge is 0.324 e. The summed E-state index contributed by atoms with van der Waals surface area (Å²) in [5.41, 5.74) is 3.10. The highest BCUT2D eigenvalue weighted by Gasteiger charge is 2.12. The summed E-state index contributed by atoms with van der Waals surface area (Å²) in [6.45, 7) is 3.25. The van der Waals surface area contributed by atoms with Gasteiger partial charge in [-0.1, -0.05) is 6.07 Å². The molecule has 0 aliphatic rings. The van der Waals surface area contributed by atoms with Gasteiger partial charge in [-0.15, -0.1) is 0 Å². The van der Waals surface area contributed by atoms with Crippen LogP contribution in [-0.2, 0) is 0 Å². The topological polar surface area (TPSA) is 108 Å². The van der Waals surface area contributed by atoms with E-state index < -0.39 is 5.91 Å². The number of hydrogen-bond acceptors (Lipinski definition) is 6. The molecule has 0 fully saturated rings. The molecule has 0 atom stereocenters. The molecule has 2 N–H and O–H groups in total. The minimum absolute atomic E-state index is 0.0412. The molecular weight excluding hydrogens is 354 g/mol. The third kappa shape index (κ3) is 4.56. The van der Waals surface area contributed by atoms with E-state index in [-0.39, 0.29) is 17.4 Å². The highest BCUT2D eigenvalue weighted by Crippen LogP contribution is 2.16. The fourth-order valence-electron chi connectivity index (χ4n) is 2.52. The average Bonchev–Trinajstić information content (AvgIpc) is 2.68. The Bertz CT molecular complexity index is 1080. The van der Waals surface area contributed by atoms with E-state index >= 15 is 0 Å². The monoisotopic (exact) mass is 371 g/mol. The first-order valence-electron chi connectivity index (χ1n) is 8.50. The minimum atomic E-state index is -0.394. The molecule has 7 nitrogen and oxygen atoms in total. The molecule has 0 unspecified atom stereocenters. The molecule has 0 bridgehead atoms. The highest BCUT2D eigenvalue weighted by molar-refractivity contribution is 6.03. The number of aryl methyl sites for hydroxylation is 1. The second-order valence-corrected chi connectivity index (χ2v) is 6.12. The van der Waals surface area contributed by atoms with Crippen LogP contribution in [0.25, 0.3) is 0 Å². The Balaban J connectivity index is 1.79. The number of carbonyl (C=O) groups is 2. The molecule has 0 saturated heterocycles. The van der Waals surface area contributed by atoms with Crippen LogP contribution in [0.4, 0.5) is 17.3 Å². The van der Waals surface area contributed by atoms with Crippen LogP contribution in [0.2, 0.25) is 0 Å². The number of aromatic nitrogens is 2. The van der Waals surface area contributed by atoms with Gasteiger partial charge in [-0.05, 0) is 62.4 Å². The Morgan fingerprint density at radius 1 is 1.00 bits per heavy atom. The van der Waals surface area contributed by atoms with Crippen LogP contribution in [0.3, 0.4) is 0 Å². The van der Waals surface area contributed by atoms with Gasteiger partial charge in [0, 0.05) is 22.6 Å². The molecule has 0 saturated carbocycles. The number of nitrogens with zero attached hydrogens (tertiary/aromatic N) is 3. The number of benzene rings is 2. The van der Waals surface area contributed by atoms with Crippen LogP contribution in [0.1, 0.15) is 39.0 Å². The van der Waals surface area contributed by atoms with Gasteiger partial charge in [-0.25, -0.2) is 9.97 Å². The molecule has 3 aromatic rings. The number of nitrogens with one attached hydrogen (secondary N) is 2. The lowest BCUT2D eigenvalue weighted by Gasteiger charge is -2.09. The first-order valence-corrected chi connectivity index (χ1v) is 8.50. The van der Waals surface area contributed by atoms with Gasteiger partial charge >= 0.3 is 0 Å². The third-order valence-electron chi connectivity index (χ3n) is 3.88. The highest BCUT2D eigenvalue weighted by atomic mass is 16.2. The van der Waals surface area contributed by atoms with Gasteiger partial charge in [0.15, 0.2) is 5.78 Å². The average molecular weight is 371 g/mol. The number of Topliss-reactive ketones (excluding diaryl/α,β-unsaturated/α-hetero) is 1. The Kier molecular flexibility index (Phi) is 5.42. The van der Waals surface area contributed by atoms with Crippen molar-refractivity contribution < 1.29 is 9.59 Å². The van der Waals surface area contributed by atoms with Crippen molar-refractivity contribution in [3.8, 4) is 6.07 Å². The Labute approximate surface area is 162 Å². The molecule has 0 aliphatic heterocycles. The van der Waals surface area contributed by atoms with Crippen LogP contribution >= 0.6 is 0 Å². The van der Waals surface area contributed by atoms with E-state index in [2.05, 4.69) is 26.7 Å². The lowest BCUT2D eigenvalue weighted by atomic mass is 10.1. The zero-order valence-corrected chi connectivity index (χ0v) is 15.4. The predicted octanol–water partition coefficient (Wildman–Crippen LogP) is 3.86. The van der Waals surface area contributed by atoms with E-state index in [0.29, 0.717) is 28.2 Å². The lowest BCUT2D eigenvalue weighted by Crippen LogP contribution is -2.15. The van der Waals surface area contributed by atoms with Crippen molar-refractivity contribution in [3.05, 3.63) is 77.1 Å². The normalized spacial score (nSPS) is 10.0. The van der Waals surface area contributed by atoms with E-state index in [1.54, 1.807) is 61.5 Å². The summed E-state index contributed by atoms with van der Waals surface area (Å²) in [6.07, 6.45) is 0. The van der Waals surface area contributed by atoms with Gasteiger partial charge in [0.2, 0.25) is 5.95 Å². The van der Waals surface area contributed by atoms with Crippen molar-refractivity contribution in [2.24, 2.45) is 0 Å². The molecule has 0 aliphatic carbocycles. The molecule has 138 valence electrons. The van der Waals surface area contributed by atoms with Crippen LogP contribution < -0.4 is 10.6 Å². The zero-order valence-electron chi connectivity index (χ0n) is 15.4. The summed E-state index contributed by atoms with van der Waals surface area (Å²) in [7, 11) is 0. The van der Waals surface area contributed by atoms with Crippen molar-refractivity contribution in [1.29, 1.82) is 5.26 Å². The minimum Gasteiger partial charge on any atom is -0.324 e. The predicted molar refractivity (Wildman–Crippen MR) is 106 cm³/mol. The second kappa shape index (κ2) is 8.10. The van der Waals surface area contributed by atoms with E-state index in [1.807, 2.05) is 0 Å². The first-order chi connectivity index (χ1) is 13.4. The summed E-state index contributed by atoms with van der Waals surface area (Å²) >= 11 is 0. The molecule has 0 radical (unpaired) electrons. The smallest absolute Gasteiger partial charge is 0.274 e. The van der Waals surface area contributed by atoms with Gasteiger partial charge in [0.25, 0.3) is 5.91 Å². The van der Waals surface area contributed by atoms with Crippen molar-refractivity contribution in [3.63, 3.8) is 0 Å². The summed E-state index contributed by atoms with van der Waals surface area (Å²) in [4.78, 5) is 32.4. The van der Waals surface area contributed by atoms with E-state index in [9.17, 15) is 9.59 Å². The molecule has 1 aromatic heterocycles. The number of rotatable bonds is 5. The summed E-state index contributed by atoms with van der Waals surface area (Å²) in [5, 5.41) is 14.8. The second-order valence-electron chi connectivity index (χ2n) is 6.12. The van der Waals surface area contributed by atoms with Crippen molar-refractivity contribution in [2.75, 3.05) is 10.6 Å². The van der Waals surface area contributed by atoms with E-state index in [4.69, 9.17) is 5.26 Å². The standard InChI is InChI=1S/C21H17N5O2/c1-13-10-19(20(28)24-17-8-6-16(7-9-17)14(2)27)26-21(23-13)25-18-5-3-4-15(11-18)12-22/h3-11H,1-2H3,(H,24,28)(H,23,25,26). The number of nitriles is 1.